The Kier molecular flexibility index (Phi) is 4.79. The van der Waals surface area contributed by atoms with Crippen molar-refractivity contribution in [2.45, 2.75) is 18.9 Å². The molecule has 2 heterocycles. The molecule has 1 saturated heterocycles. The van der Waals surface area contributed by atoms with E-state index in [1.807, 2.05) is 0 Å². The lowest BCUT2D eigenvalue weighted by Gasteiger charge is -2.32. The van der Waals surface area contributed by atoms with Gasteiger partial charge in [0.2, 0.25) is 15.9 Å². The van der Waals surface area contributed by atoms with Crippen LogP contribution in [0.5, 0.6) is 5.88 Å². The number of carbonyl (C=O) groups is 1. The lowest BCUT2D eigenvalue weighted by Crippen LogP contribution is -2.46. The van der Waals surface area contributed by atoms with Gasteiger partial charge in [-0.25, -0.2) is 18.1 Å². The number of amides is 1. The van der Waals surface area contributed by atoms with Crippen LogP contribution in [0.4, 0.5) is 0 Å². The van der Waals surface area contributed by atoms with Gasteiger partial charge in [0.1, 0.15) is 0 Å². The SMILES string of the molecule is COc1cc(C(=O)N2CCC(NS(C)(=O)=O)CC2)ccn1. The highest BCUT2D eigenvalue weighted by molar-refractivity contribution is 7.88. The summed E-state index contributed by atoms with van der Waals surface area (Å²) in [4.78, 5) is 18.0. The molecule has 1 aliphatic rings. The zero-order chi connectivity index (χ0) is 15.5. The first-order chi connectivity index (χ1) is 9.89. The zero-order valence-corrected chi connectivity index (χ0v) is 12.9. The van der Waals surface area contributed by atoms with Gasteiger partial charge < -0.3 is 9.64 Å². The number of rotatable bonds is 4. The topological polar surface area (TPSA) is 88.6 Å². The van der Waals surface area contributed by atoms with E-state index in [1.165, 1.54) is 13.3 Å². The number of nitrogens with zero attached hydrogens (tertiary/aromatic N) is 2. The van der Waals surface area contributed by atoms with Crippen molar-refractivity contribution in [2.24, 2.45) is 0 Å². The van der Waals surface area contributed by atoms with Gasteiger partial charge in [0.15, 0.2) is 0 Å². The third-order valence-corrected chi connectivity index (χ3v) is 4.12. The van der Waals surface area contributed by atoms with Crippen molar-refractivity contribution in [2.75, 3.05) is 26.5 Å². The smallest absolute Gasteiger partial charge is 0.254 e. The summed E-state index contributed by atoms with van der Waals surface area (Å²) in [5.74, 6) is 0.308. The van der Waals surface area contributed by atoms with Gasteiger partial charge in [-0.1, -0.05) is 0 Å². The highest BCUT2D eigenvalue weighted by atomic mass is 32.2. The van der Waals surface area contributed by atoms with Gasteiger partial charge in [0.05, 0.1) is 13.4 Å². The van der Waals surface area contributed by atoms with Crippen LogP contribution in [0.2, 0.25) is 0 Å². The minimum Gasteiger partial charge on any atom is -0.481 e. The third-order valence-electron chi connectivity index (χ3n) is 3.35. The van der Waals surface area contributed by atoms with E-state index in [-0.39, 0.29) is 11.9 Å². The molecule has 1 aromatic rings. The minimum absolute atomic E-state index is 0.0893. The Morgan fingerprint density at radius 2 is 2.10 bits per heavy atom. The van der Waals surface area contributed by atoms with Crippen LogP contribution in [0.3, 0.4) is 0 Å². The first kappa shape index (κ1) is 15.7. The van der Waals surface area contributed by atoms with Gasteiger partial charge in [-0.15, -0.1) is 0 Å². The Morgan fingerprint density at radius 3 is 2.67 bits per heavy atom. The quantitative estimate of drug-likeness (QED) is 0.860. The summed E-state index contributed by atoms with van der Waals surface area (Å²) in [5, 5.41) is 0. The van der Waals surface area contributed by atoms with Gasteiger partial charge in [0, 0.05) is 37.0 Å². The Bertz CT molecular complexity index is 610. The molecule has 2 rings (SSSR count). The normalized spacial score (nSPS) is 16.8. The zero-order valence-electron chi connectivity index (χ0n) is 12.1. The summed E-state index contributed by atoms with van der Waals surface area (Å²) in [6.45, 7) is 1.05. The molecule has 116 valence electrons. The average molecular weight is 313 g/mol. The summed E-state index contributed by atoms with van der Waals surface area (Å²) in [5.41, 5.74) is 0.524. The van der Waals surface area contributed by atoms with Crippen LogP contribution in [0.15, 0.2) is 18.3 Å². The fourth-order valence-corrected chi connectivity index (χ4v) is 3.18. The summed E-state index contributed by atoms with van der Waals surface area (Å²) >= 11 is 0. The van der Waals surface area contributed by atoms with Crippen LogP contribution in [0.25, 0.3) is 0 Å². The largest absolute Gasteiger partial charge is 0.481 e. The molecule has 0 aromatic carbocycles. The molecule has 21 heavy (non-hydrogen) atoms. The van der Waals surface area contributed by atoms with Crippen molar-refractivity contribution in [3.63, 3.8) is 0 Å². The van der Waals surface area contributed by atoms with Crippen LogP contribution in [-0.4, -0.2) is 56.7 Å². The van der Waals surface area contributed by atoms with E-state index < -0.39 is 10.0 Å². The molecule has 1 fully saturated rings. The molecule has 8 heteroatoms. The highest BCUT2D eigenvalue weighted by Crippen LogP contribution is 2.16. The van der Waals surface area contributed by atoms with Gasteiger partial charge in [-0.05, 0) is 18.9 Å². The maximum Gasteiger partial charge on any atom is 0.254 e. The second-order valence-electron chi connectivity index (χ2n) is 5.04. The summed E-state index contributed by atoms with van der Waals surface area (Å²) in [6, 6.07) is 3.14. The standard InChI is InChI=1S/C13H19N3O4S/c1-20-12-9-10(3-6-14-12)13(17)16-7-4-11(5-8-16)15-21(2,18)19/h3,6,9,11,15H,4-5,7-8H2,1-2H3. The van der Waals surface area contributed by atoms with Crippen LogP contribution >= 0.6 is 0 Å². The molecule has 1 N–H and O–H groups in total. The molecule has 0 bridgehead atoms. The van der Waals surface area contributed by atoms with Crippen LogP contribution < -0.4 is 9.46 Å². The van der Waals surface area contributed by atoms with Gasteiger partial charge in [-0.2, -0.15) is 0 Å². The Labute approximate surface area is 124 Å². The van der Waals surface area contributed by atoms with Crippen molar-refractivity contribution < 1.29 is 17.9 Å². The van der Waals surface area contributed by atoms with Gasteiger partial charge in [0.25, 0.3) is 5.91 Å². The Hall–Kier alpha value is -1.67. The van der Waals surface area contributed by atoms with Crippen LogP contribution in [0, 0.1) is 0 Å². The molecular formula is C13H19N3O4S. The first-order valence-electron chi connectivity index (χ1n) is 6.65. The number of ether oxygens (including phenoxy) is 1. The van der Waals surface area contributed by atoms with Crippen molar-refractivity contribution in [1.29, 1.82) is 0 Å². The average Bonchev–Trinajstić information content (AvgIpc) is 2.46. The second-order valence-corrected chi connectivity index (χ2v) is 6.82. The molecule has 0 unspecified atom stereocenters. The third kappa shape index (κ3) is 4.40. The number of sulfonamides is 1. The predicted octanol–water partition coefficient (Wildman–Crippen LogP) is 0.244. The molecule has 0 spiro atoms. The fraction of sp³-hybridized carbons (Fsp3) is 0.538. The predicted molar refractivity (Wildman–Crippen MR) is 77.7 cm³/mol. The molecule has 1 aliphatic heterocycles. The van der Waals surface area contributed by atoms with Crippen molar-refractivity contribution in [3.8, 4) is 5.88 Å². The van der Waals surface area contributed by atoms with E-state index in [9.17, 15) is 13.2 Å². The number of methoxy groups -OCH3 is 1. The lowest BCUT2D eigenvalue weighted by molar-refractivity contribution is 0.0711. The molecule has 1 aromatic heterocycles. The van der Waals surface area contributed by atoms with E-state index in [0.717, 1.165) is 6.26 Å². The number of aromatic nitrogens is 1. The van der Waals surface area contributed by atoms with E-state index in [4.69, 9.17) is 4.74 Å². The first-order valence-corrected chi connectivity index (χ1v) is 8.55. The molecule has 0 saturated carbocycles. The highest BCUT2D eigenvalue weighted by Gasteiger charge is 2.25. The second kappa shape index (κ2) is 6.40. The number of nitrogens with one attached hydrogen (secondary N) is 1. The van der Waals surface area contributed by atoms with E-state index in [2.05, 4.69) is 9.71 Å². The lowest BCUT2D eigenvalue weighted by atomic mass is 10.1. The van der Waals surface area contributed by atoms with Crippen molar-refractivity contribution >= 4 is 15.9 Å². The molecule has 0 atom stereocenters. The number of hydrogen-bond donors (Lipinski definition) is 1. The Balaban J connectivity index is 1.97. The number of likely N-dealkylation sites (tertiary alicyclic amines) is 1. The summed E-state index contributed by atoms with van der Waals surface area (Å²) in [6.07, 6.45) is 3.90. The minimum atomic E-state index is -3.20. The number of carbonyl (C=O) groups excluding carboxylic acids is 1. The van der Waals surface area contributed by atoms with Crippen LogP contribution in [0.1, 0.15) is 23.2 Å². The summed E-state index contributed by atoms with van der Waals surface area (Å²) in [7, 11) is -1.70. The number of hydrogen-bond acceptors (Lipinski definition) is 5. The molecular weight excluding hydrogens is 294 g/mol. The monoisotopic (exact) mass is 313 g/mol. The van der Waals surface area contributed by atoms with Crippen molar-refractivity contribution in [3.05, 3.63) is 23.9 Å². The maximum absolute atomic E-state index is 12.4. The molecule has 0 aliphatic carbocycles. The van der Waals surface area contributed by atoms with E-state index in [0.29, 0.717) is 37.4 Å². The molecule has 0 radical (unpaired) electrons. The summed E-state index contributed by atoms with van der Waals surface area (Å²) < 4.78 is 30.0. The molecule has 7 nitrogen and oxygen atoms in total. The molecule has 1 amide bonds. The number of pyridine rings is 1. The fourth-order valence-electron chi connectivity index (χ4n) is 2.34. The maximum atomic E-state index is 12.4. The van der Waals surface area contributed by atoms with Crippen LogP contribution in [-0.2, 0) is 10.0 Å². The van der Waals surface area contributed by atoms with Gasteiger partial charge in [-0.3, -0.25) is 4.79 Å². The Morgan fingerprint density at radius 1 is 1.43 bits per heavy atom. The van der Waals surface area contributed by atoms with E-state index in [1.54, 1.807) is 17.0 Å². The van der Waals surface area contributed by atoms with E-state index >= 15 is 0 Å². The van der Waals surface area contributed by atoms with Crippen molar-refractivity contribution in [1.82, 2.24) is 14.6 Å². The number of piperidine rings is 1. The van der Waals surface area contributed by atoms with Gasteiger partial charge >= 0.3 is 0 Å².